The number of anilines is 2. The van der Waals surface area contributed by atoms with Gasteiger partial charge in [0.15, 0.2) is 0 Å². The molecule has 3 aromatic rings. The highest BCUT2D eigenvalue weighted by Gasteiger charge is 2.21. The number of ether oxygens (including phenoxy) is 3. The summed E-state index contributed by atoms with van der Waals surface area (Å²) < 4.78 is 57.8. The van der Waals surface area contributed by atoms with Gasteiger partial charge in [-0.1, -0.05) is 6.07 Å². The SMILES string of the molecule is CCOc1cc(NS(=O)(=O)c2ccc(F)cc2)c(OCC)cc1NC(=O)c1cccc(OC)c1. The number of halogens is 1. The van der Waals surface area contributed by atoms with Crippen LogP contribution in [0.3, 0.4) is 0 Å². The van der Waals surface area contributed by atoms with Crippen molar-refractivity contribution in [1.29, 1.82) is 0 Å². The van der Waals surface area contributed by atoms with E-state index in [0.717, 1.165) is 24.3 Å². The zero-order valence-electron chi connectivity index (χ0n) is 18.9. The van der Waals surface area contributed by atoms with Crippen LogP contribution >= 0.6 is 0 Å². The summed E-state index contributed by atoms with van der Waals surface area (Å²) in [4.78, 5) is 12.7. The molecule has 0 bridgehead atoms. The highest BCUT2D eigenvalue weighted by atomic mass is 32.2. The van der Waals surface area contributed by atoms with Crippen molar-refractivity contribution < 1.29 is 31.8 Å². The number of hydrogen-bond acceptors (Lipinski definition) is 6. The molecule has 0 heterocycles. The fourth-order valence-electron chi connectivity index (χ4n) is 3.06. The van der Waals surface area contributed by atoms with Crippen molar-refractivity contribution in [1.82, 2.24) is 0 Å². The lowest BCUT2D eigenvalue weighted by molar-refractivity contribution is 0.102. The average Bonchev–Trinajstić information content (AvgIpc) is 2.82. The predicted octanol–water partition coefficient (Wildman–Crippen LogP) is 4.68. The number of carbonyl (C=O) groups is 1. The molecule has 0 aliphatic carbocycles. The number of benzene rings is 3. The first kappa shape index (κ1) is 24.8. The summed E-state index contributed by atoms with van der Waals surface area (Å²) in [6, 6.07) is 14.0. The second kappa shape index (κ2) is 10.9. The van der Waals surface area contributed by atoms with Crippen molar-refractivity contribution in [3.05, 3.63) is 72.0 Å². The van der Waals surface area contributed by atoms with E-state index in [4.69, 9.17) is 14.2 Å². The van der Waals surface area contributed by atoms with Gasteiger partial charge in [0.25, 0.3) is 15.9 Å². The molecule has 0 unspecified atom stereocenters. The van der Waals surface area contributed by atoms with Crippen LogP contribution in [0.5, 0.6) is 17.2 Å². The molecule has 8 nitrogen and oxygen atoms in total. The Labute approximate surface area is 197 Å². The lowest BCUT2D eigenvalue weighted by atomic mass is 10.2. The number of nitrogens with one attached hydrogen (secondary N) is 2. The van der Waals surface area contributed by atoms with Gasteiger partial charge in [-0.05, 0) is 56.3 Å². The van der Waals surface area contributed by atoms with Gasteiger partial charge in [0, 0.05) is 17.7 Å². The minimum Gasteiger partial charge on any atom is -0.497 e. The summed E-state index contributed by atoms with van der Waals surface area (Å²) in [6.07, 6.45) is 0. The van der Waals surface area contributed by atoms with Crippen LogP contribution in [0.25, 0.3) is 0 Å². The second-order valence-corrected chi connectivity index (χ2v) is 8.64. The molecule has 0 saturated heterocycles. The molecule has 3 aromatic carbocycles. The van der Waals surface area contributed by atoms with Gasteiger partial charge in [-0.25, -0.2) is 12.8 Å². The maximum absolute atomic E-state index is 13.2. The van der Waals surface area contributed by atoms with Gasteiger partial charge >= 0.3 is 0 Å². The van der Waals surface area contributed by atoms with Gasteiger partial charge in [-0.15, -0.1) is 0 Å². The van der Waals surface area contributed by atoms with Crippen LogP contribution in [0.15, 0.2) is 65.6 Å². The predicted molar refractivity (Wildman–Crippen MR) is 127 cm³/mol. The standard InChI is InChI=1S/C24H25FN2O6S/c1-4-32-22-15-21(27-34(29,30)19-11-9-17(25)10-12-19)23(33-5-2)14-20(22)26-24(28)16-7-6-8-18(13-16)31-3/h6-15,27H,4-5H2,1-3H3,(H,26,28). The van der Waals surface area contributed by atoms with Gasteiger partial charge in [0.1, 0.15) is 23.1 Å². The molecule has 34 heavy (non-hydrogen) atoms. The molecular formula is C24H25FN2O6S. The summed E-state index contributed by atoms with van der Waals surface area (Å²) in [7, 11) is -2.54. The van der Waals surface area contributed by atoms with E-state index in [0.29, 0.717) is 17.0 Å². The van der Waals surface area contributed by atoms with E-state index in [1.807, 2.05) is 0 Å². The van der Waals surface area contributed by atoms with Crippen molar-refractivity contribution in [3.63, 3.8) is 0 Å². The maximum Gasteiger partial charge on any atom is 0.262 e. The zero-order chi connectivity index (χ0) is 24.7. The molecule has 0 aromatic heterocycles. The normalized spacial score (nSPS) is 10.9. The first-order valence-corrected chi connectivity index (χ1v) is 11.9. The molecule has 0 atom stereocenters. The van der Waals surface area contributed by atoms with Crippen LogP contribution in [0, 0.1) is 5.82 Å². The fourth-order valence-corrected chi connectivity index (χ4v) is 4.12. The lowest BCUT2D eigenvalue weighted by Crippen LogP contribution is -2.16. The van der Waals surface area contributed by atoms with Gasteiger partial charge in [0.2, 0.25) is 0 Å². The second-order valence-electron chi connectivity index (χ2n) is 6.96. The largest absolute Gasteiger partial charge is 0.497 e. The molecule has 180 valence electrons. The number of sulfonamides is 1. The van der Waals surface area contributed by atoms with E-state index in [9.17, 15) is 17.6 Å². The minimum atomic E-state index is -4.04. The monoisotopic (exact) mass is 488 g/mol. The van der Waals surface area contributed by atoms with Crippen molar-refractivity contribution in [2.24, 2.45) is 0 Å². The molecule has 0 fully saturated rings. The highest BCUT2D eigenvalue weighted by Crippen LogP contribution is 2.38. The van der Waals surface area contributed by atoms with Crippen molar-refractivity contribution >= 4 is 27.3 Å². The Morgan fingerprint density at radius 3 is 2.15 bits per heavy atom. The first-order valence-electron chi connectivity index (χ1n) is 10.4. The first-order chi connectivity index (χ1) is 16.3. The Bertz CT molecular complexity index is 1260. The van der Waals surface area contributed by atoms with Crippen LogP contribution in [-0.2, 0) is 10.0 Å². The molecule has 1 amide bonds. The molecule has 0 saturated carbocycles. The topological polar surface area (TPSA) is 103 Å². The molecule has 0 radical (unpaired) electrons. The smallest absolute Gasteiger partial charge is 0.262 e. The van der Waals surface area contributed by atoms with Crippen LogP contribution < -0.4 is 24.2 Å². The highest BCUT2D eigenvalue weighted by molar-refractivity contribution is 7.92. The van der Waals surface area contributed by atoms with Crippen LogP contribution in [0.2, 0.25) is 0 Å². The van der Waals surface area contributed by atoms with Gasteiger partial charge in [-0.3, -0.25) is 9.52 Å². The van der Waals surface area contributed by atoms with E-state index in [-0.39, 0.29) is 35.3 Å². The number of carbonyl (C=O) groups excluding carboxylic acids is 1. The average molecular weight is 489 g/mol. The Kier molecular flexibility index (Phi) is 7.95. The maximum atomic E-state index is 13.2. The minimum absolute atomic E-state index is 0.106. The van der Waals surface area contributed by atoms with E-state index in [1.54, 1.807) is 38.1 Å². The summed E-state index contributed by atoms with van der Waals surface area (Å²) >= 11 is 0. The summed E-state index contributed by atoms with van der Waals surface area (Å²) in [6.45, 7) is 4.00. The molecule has 10 heteroatoms. The number of hydrogen-bond donors (Lipinski definition) is 2. The van der Waals surface area contributed by atoms with Gasteiger partial charge in [0.05, 0.1) is 36.6 Å². The van der Waals surface area contributed by atoms with Crippen LogP contribution in [0.4, 0.5) is 15.8 Å². The van der Waals surface area contributed by atoms with Gasteiger partial charge < -0.3 is 19.5 Å². The fraction of sp³-hybridized carbons (Fsp3) is 0.208. The third-order valence-electron chi connectivity index (χ3n) is 4.63. The molecule has 2 N–H and O–H groups in total. The number of methoxy groups -OCH3 is 1. The third-order valence-corrected chi connectivity index (χ3v) is 6.01. The number of amides is 1. The van der Waals surface area contributed by atoms with Crippen LogP contribution in [0.1, 0.15) is 24.2 Å². The summed E-state index contributed by atoms with van der Waals surface area (Å²) in [5.74, 6) is -0.0273. The van der Waals surface area contributed by atoms with Crippen molar-refractivity contribution in [2.45, 2.75) is 18.7 Å². The number of rotatable bonds is 10. The molecule has 0 spiro atoms. The van der Waals surface area contributed by atoms with Gasteiger partial charge in [-0.2, -0.15) is 0 Å². The molecule has 0 aliphatic rings. The summed E-state index contributed by atoms with van der Waals surface area (Å²) in [5, 5.41) is 2.77. The quantitative estimate of drug-likeness (QED) is 0.429. The van der Waals surface area contributed by atoms with E-state index in [2.05, 4.69) is 10.0 Å². The zero-order valence-corrected chi connectivity index (χ0v) is 19.7. The Morgan fingerprint density at radius 1 is 0.912 bits per heavy atom. The Balaban J connectivity index is 1.97. The van der Waals surface area contributed by atoms with E-state index >= 15 is 0 Å². The van der Waals surface area contributed by atoms with E-state index in [1.165, 1.54) is 19.2 Å². The van der Waals surface area contributed by atoms with Crippen molar-refractivity contribution in [2.75, 3.05) is 30.4 Å². The summed E-state index contributed by atoms with van der Waals surface area (Å²) in [5.41, 5.74) is 0.762. The Hall–Kier alpha value is -3.79. The molecule has 3 rings (SSSR count). The molecule has 0 aliphatic heterocycles. The van der Waals surface area contributed by atoms with E-state index < -0.39 is 21.7 Å². The third kappa shape index (κ3) is 5.96. The molecular weight excluding hydrogens is 463 g/mol. The van der Waals surface area contributed by atoms with Crippen LogP contribution in [-0.4, -0.2) is 34.6 Å². The Morgan fingerprint density at radius 2 is 1.53 bits per heavy atom. The van der Waals surface area contributed by atoms with Crippen molar-refractivity contribution in [3.8, 4) is 17.2 Å². The lowest BCUT2D eigenvalue weighted by Gasteiger charge is -2.18.